The number of hydrogen-bond acceptors (Lipinski definition) is 0. The number of aryl methyl sites for hydroxylation is 2. The molecule has 0 unspecified atom stereocenters. The van der Waals surface area contributed by atoms with Crippen LogP contribution in [0.1, 0.15) is 50.7 Å². The highest BCUT2D eigenvalue weighted by molar-refractivity contribution is 5.73. The summed E-state index contributed by atoms with van der Waals surface area (Å²) in [5, 5.41) is 0. The molecule has 3 rings (SSSR count). The monoisotopic (exact) mass is 342 g/mol. The van der Waals surface area contributed by atoms with Gasteiger partial charge in [0.1, 0.15) is 0 Å². The highest BCUT2D eigenvalue weighted by Gasteiger charge is 2.03. The van der Waals surface area contributed by atoms with Crippen LogP contribution in [0.15, 0.2) is 72.8 Å². The molecule has 0 aliphatic heterocycles. The molecule has 0 nitrogen and oxygen atoms in total. The number of unbranched alkanes of at least 4 members (excludes halogenated alkanes) is 2. The summed E-state index contributed by atoms with van der Waals surface area (Å²) in [6, 6.07) is 27.1. The molecule has 134 valence electrons. The van der Waals surface area contributed by atoms with Crippen LogP contribution in [0.25, 0.3) is 22.3 Å². The minimum Gasteiger partial charge on any atom is -0.0654 e. The molecular weight excluding hydrogens is 312 g/mol. The van der Waals surface area contributed by atoms with Crippen molar-refractivity contribution in [1.29, 1.82) is 0 Å². The molecule has 0 aliphatic carbocycles. The van der Waals surface area contributed by atoms with Gasteiger partial charge in [-0.3, -0.25) is 0 Å². The van der Waals surface area contributed by atoms with Gasteiger partial charge >= 0.3 is 0 Å². The first-order valence-corrected chi connectivity index (χ1v) is 10.1. The SMILES string of the molecule is CCCCc1ccc(-c2cccc(-c3ccc(CCCC)cc3)c2)cc1. The Balaban J connectivity index is 1.77. The van der Waals surface area contributed by atoms with E-state index >= 15 is 0 Å². The van der Waals surface area contributed by atoms with E-state index in [0.717, 1.165) is 0 Å². The van der Waals surface area contributed by atoms with Crippen molar-refractivity contribution in [2.75, 3.05) is 0 Å². The van der Waals surface area contributed by atoms with Crippen molar-refractivity contribution in [3.63, 3.8) is 0 Å². The summed E-state index contributed by atoms with van der Waals surface area (Å²) >= 11 is 0. The van der Waals surface area contributed by atoms with Crippen LogP contribution in [0.3, 0.4) is 0 Å². The maximum atomic E-state index is 2.31. The second kappa shape index (κ2) is 9.38. The summed E-state index contributed by atoms with van der Waals surface area (Å²) in [7, 11) is 0. The zero-order chi connectivity index (χ0) is 18.2. The summed E-state index contributed by atoms with van der Waals surface area (Å²) < 4.78 is 0. The van der Waals surface area contributed by atoms with Gasteiger partial charge in [0.05, 0.1) is 0 Å². The standard InChI is InChI=1S/C26H30/c1-3-5-8-21-12-16-23(17-13-21)25-10-7-11-26(20-25)24-18-14-22(15-19-24)9-6-4-2/h7,10-20H,3-6,8-9H2,1-2H3. The van der Waals surface area contributed by atoms with E-state index in [4.69, 9.17) is 0 Å². The van der Waals surface area contributed by atoms with Gasteiger partial charge in [0, 0.05) is 0 Å². The fourth-order valence-corrected chi connectivity index (χ4v) is 3.37. The van der Waals surface area contributed by atoms with E-state index in [-0.39, 0.29) is 0 Å². The van der Waals surface area contributed by atoms with Gasteiger partial charge in [-0.2, -0.15) is 0 Å². The molecule has 0 spiro atoms. The van der Waals surface area contributed by atoms with Gasteiger partial charge in [-0.15, -0.1) is 0 Å². The third kappa shape index (κ3) is 4.85. The molecule has 3 aromatic rings. The van der Waals surface area contributed by atoms with Crippen LogP contribution in [0.4, 0.5) is 0 Å². The Hall–Kier alpha value is -2.34. The fourth-order valence-electron chi connectivity index (χ4n) is 3.37. The Labute approximate surface area is 158 Å². The molecule has 0 saturated carbocycles. The molecule has 0 bridgehead atoms. The summed E-state index contributed by atoms with van der Waals surface area (Å²) in [5.41, 5.74) is 8.06. The van der Waals surface area contributed by atoms with E-state index in [9.17, 15) is 0 Å². The van der Waals surface area contributed by atoms with E-state index in [1.54, 1.807) is 0 Å². The van der Waals surface area contributed by atoms with Gasteiger partial charge in [0.15, 0.2) is 0 Å². The molecule has 3 aromatic carbocycles. The molecule has 0 N–H and O–H groups in total. The second-order valence-corrected chi connectivity index (χ2v) is 7.18. The van der Waals surface area contributed by atoms with Gasteiger partial charge in [-0.05, 0) is 65.1 Å². The lowest BCUT2D eigenvalue weighted by Gasteiger charge is -2.08. The van der Waals surface area contributed by atoms with E-state index < -0.39 is 0 Å². The predicted molar refractivity (Wildman–Crippen MR) is 115 cm³/mol. The number of benzene rings is 3. The van der Waals surface area contributed by atoms with Crippen LogP contribution >= 0.6 is 0 Å². The normalized spacial score (nSPS) is 10.8. The Morgan fingerprint density at radius 2 is 0.923 bits per heavy atom. The molecular formula is C26H30. The van der Waals surface area contributed by atoms with Gasteiger partial charge < -0.3 is 0 Å². The molecule has 0 saturated heterocycles. The fraction of sp³-hybridized carbons (Fsp3) is 0.308. The lowest BCUT2D eigenvalue weighted by Crippen LogP contribution is -1.87. The van der Waals surface area contributed by atoms with Crippen LogP contribution < -0.4 is 0 Å². The summed E-state index contributed by atoms with van der Waals surface area (Å²) in [6.45, 7) is 4.49. The van der Waals surface area contributed by atoms with Crippen LogP contribution in [-0.2, 0) is 12.8 Å². The van der Waals surface area contributed by atoms with Crippen molar-refractivity contribution in [2.45, 2.75) is 52.4 Å². The average Bonchev–Trinajstić information content (AvgIpc) is 2.71. The van der Waals surface area contributed by atoms with Crippen LogP contribution in [-0.4, -0.2) is 0 Å². The quantitative estimate of drug-likeness (QED) is 0.393. The number of hydrogen-bond donors (Lipinski definition) is 0. The molecule has 0 atom stereocenters. The van der Waals surface area contributed by atoms with Gasteiger partial charge in [-0.1, -0.05) is 93.4 Å². The summed E-state index contributed by atoms with van der Waals surface area (Å²) in [6.07, 6.45) is 7.40. The van der Waals surface area contributed by atoms with E-state index in [2.05, 4.69) is 86.6 Å². The smallest absolute Gasteiger partial charge is 0.0178 e. The van der Waals surface area contributed by atoms with Crippen molar-refractivity contribution in [3.05, 3.63) is 83.9 Å². The second-order valence-electron chi connectivity index (χ2n) is 7.18. The van der Waals surface area contributed by atoms with Crippen LogP contribution in [0, 0.1) is 0 Å². The number of rotatable bonds is 8. The Bertz CT molecular complexity index is 727. The molecule has 0 aromatic heterocycles. The molecule has 0 radical (unpaired) electrons. The predicted octanol–water partition coefficient (Wildman–Crippen LogP) is 7.71. The zero-order valence-electron chi connectivity index (χ0n) is 16.2. The molecule has 0 heterocycles. The Kier molecular flexibility index (Phi) is 6.66. The van der Waals surface area contributed by atoms with Crippen molar-refractivity contribution < 1.29 is 0 Å². The minimum atomic E-state index is 1.18. The molecule has 0 heteroatoms. The molecule has 0 aliphatic rings. The van der Waals surface area contributed by atoms with Crippen molar-refractivity contribution in [3.8, 4) is 22.3 Å². The van der Waals surface area contributed by atoms with Gasteiger partial charge in [-0.25, -0.2) is 0 Å². The molecule has 26 heavy (non-hydrogen) atoms. The third-order valence-corrected chi connectivity index (χ3v) is 5.08. The zero-order valence-corrected chi connectivity index (χ0v) is 16.2. The van der Waals surface area contributed by atoms with Gasteiger partial charge in [0.25, 0.3) is 0 Å². The summed E-state index contributed by atoms with van der Waals surface area (Å²) in [4.78, 5) is 0. The third-order valence-electron chi connectivity index (χ3n) is 5.08. The maximum absolute atomic E-state index is 2.31. The largest absolute Gasteiger partial charge is 0.0654 e. The average molecular weight is 343 g/mol. The van der Waals surface area contributed by atoms with E-state index in [0.29, 0.717) is 0 Å². The first kappa shape index (κ1) is 18.5. The van der Waals surface area contributed by atoms with Crippen molar-refractivity contribution in [1.82, 2.24) is 0 Å². The van der Waals surface area contributed by atoms with Crippen LogP contribution in [0.2, 0.25) is 0 Å². The van der Waals surface area contributed by atoms with Crippen molar-refractivity contribution in [2.24, 2.45) is 0 Å². The highest BCUT2D eigenvalue weighted by atomic mass is 14.1. The van der Waals surface area contributed by atoms with E-state index in [1.165, 1.54) is 71.9 Å². The van der Waals surface area contributed by atoms with E-state index in [1.807, 2.05) is 0 Å². The van der Waals surface area contributed by atoms with Crippen LogP contribution in [0.5, 0.6) is 0 Å². The maximum Gasteiger partial charge on any atom is -0.0178 e. The summed E-state index contributed by atoms with van der Waals surface area (Å²) in [5.74, 6) is 0. The Morgan fingerprint density at radius 1 is 0.500 bits per heavy atom. The topological polar surface area (TPSA) is 0 Å². The highest BCUT2D eigenvalue weighted by Crippen LogP contribution is 2.27. The first-order chi connectivity index (χ1) is 12.8. The van der Waals surface area contributed by atoms with Crippen molar-refractivity contribution >= 4 is 0 Å². The van der Waals surface area contributed by atoms with Gasteiger partial charge in [0.2, 0.25) is 0 Å². The Morgan fingerprint density at radius 3 is 1.31 bits per heavy atom. The lowest BCUT2D eigenvalue weighted by atomic mass is 9.97. The lowest BCUT2D eigenvalue weighted by molar-refractivity contribution is 0.795. The minimum absolute atomic E-state index is 1.18. The first-order valence-electron chi connectivity index (χ1n) is 10.1. The molecule has 0 fully saturated rings. The molecule has 0 amide bonds.